The predicted octanol–water partition coefficient (Wildman–Crippen LogP) is 5.60. The van der Waals surface area contributed by atoms with Crippen LogP contribution in [0.1, 0.15) is 25.5 Å². The van der Waals surface area contributed by atoms with Crippen LogP contribution in [0, 0.1) is 0 Å². The molecule has 0 aliphatic rings. The zero-order valence-electron chi connectivity index (χ0n) is 20.6. The minimum Gasteiger partial charge on any atom is -0.497 e. The van der Waals surface area contributed by atoms with Crippen molar-refractivity contribution in [3.8, 4) is 22.6 Å². The summed E-state index contributed by atoms with van der Waals surface area (Å²) in [6.45, 7) is 4.13. The number of ether oxygens (including phenoxy) is 1. The van der Waals surface area contributed by atoms with Gasteiger partial charge in [-0.2, -0.15) is 10.2 Å². The molecule has 0 spiro atoms. The Labute approximate surface area is 208 Å². The van der Waals surface area contributed by atoms with Crippen LogP contribution in [0.3, 0.4) is 0 Å². The molecule has 9 heteroatoms. The molecule has 3 heterocycles. The van der Waals surface area contributed by atoms with Gasteiger partial charge in [0.15, 0.2) is 0 Å². The zero-order chi connectivity index (χ0) is 25.2. The van der Waals surface area contributed by atoms with Gasteiger partial charge in [0.25, 0.3) is 0 Å². The molecule has 36 heavy (non-hydrogen) atoms. The van der Waals surface area contributed by atoms with E-state index in [1.807, 2.05) is 74.0 Å². The number of hydrogen-bond acceptors (Lipinski definition) is 5. The van der Waals surface area contributed by atoms with Gasteiger partial charge in [0, 0.05) is 35.9 Å². The van der Waals surface area contributed by atoms with Gasteiger partial charge in [0.2, 0.25) is 0 Å². The number of carbonyl (C=O) groups is 1. The molecule has 9 nitrogen and oxygen atoms in total. The molecule has 5 aromatic rings. The van der Waals surface area contributed by atoms with Crippen LogP contribution in [0.5, 0.6) is 5.75 Å². The van der Waals surface area contributed by atoms with Gasteiger partial charge in [-0.1, -0.05) is 26.0 Å². The Morgan fingerprint density at radius 2 is 1.72 bits per heavy atom. The van der Waals surface area contributed by atoms with E-state index in [9.17, 15) is 4.79 Å². The number of anilines is 2. The van der Waals surface area contributed by atoms with Crippen molar-refractivity contribution in [2.75, 3.05) is 17.7 Å². The van der Waals surface area contributed by atoms with Crippen LogP contribution in [0.15, 0.2) is 73.2 Å². The highest BCUT2D eigenvalue weighted by atomic mass is 16.5. The van der Waals surface area contributed by atoms with Gasteiger partial charge in [0.05, 0.1) is 36.4 Å². The van der Waals surface area contributed by atoms with Gasteiger partial charge in [0.1, 0.15) is 11.6 Å². The Balaban J connectivity index is 1.34. The molecule has 0 saturated heterocycles. The lowest BCUT2D eigenvalue weighted by Crippen LogP contribution is -2.21. The topological polar surface area (TPSA) is 98.9 Å². The van der Waals surface area contributed by atoms with E-state index >= 15 is 0 Å². The van der Waals surface area contributed by atoms with Crippen molar-refractivity contribution < 1.29 is 9.53 Å². The fourth-order valence-corrected chi connectivity index (χ4v) is 3.99. The molecule has 0 aliphatic carbocycles. The number of urea groups is 1. The minimum atomic E-state index is -0.358. The minimum absolute atomic E-state index is 0.208. The van der Waals surface area contributed by atoms with E-state index in [1.165, 1.54) is 0 Å². The fourth-order valence-electron chi connectivity index (χ4n) is 3.99. The van der Waals surface area contributed by atoms with Crippen LogP contribution in [-0.2, 0) is 7.05 Å². The highest BCUT2D eigenvalue weighted by Crippen LogP contribution is 2.28. The van der Waals surface area contributed by atoms with E-state index in [4.69, 9.17) is 4.74 Å². The smallest absolute Gasteiger partial charge is 0.324 e. The van der Waals surface area contributed by atoms with Gasteiger partial charge >= 0.3 is 6.03 Å². The third-order valence-corrected chi connectivity index (χ3v) is 6.01. The lowest BCUT2D eigenvalue weighted by atomic mass is 10.0. The van der Waals surface area contributed by atoms with Crippen molar-refractivity contribution in [1.82, 2.24) is 24.5 Å². The third kappa shape index (κ3) is 4.50. The molecular formula is C27H27N7O2. The molecule has 0 aliphatic heterocycles. The summed E-state index contributed by atoms with van der Waals surface area (Å²) in [7, 11) is 3.52. The number of carbonyl (C=O) groups excluding carboxylic acids is 1. The zero-order valence-corrected chi connectivity index (χ0v) is 20.6. The maximum Gasteiger partial charge on any atom is 0.324 e. The van der Waals surface area contributed by atoms with Crippen LogP contribution >= 0.6 is 0 Å². The van der Waals surface area contributed by atoms with Gasteiger partial charge < -0.3 is 10.1 Å². The second kappa shape index (κ2) is 9.53. The molecule has 0 fully saturated rings. The van der Waals surface area contributed by atoms with Crippen molar-refractivity contribution in [3.05, 3.63) is 78.9 Å². The predicted molar refractivity (Wildman–Crippen MR) is 141 cm³/mol. The molecule has 0 saturated carbocycles. The van der Waals surface area contributed by atoms with E-state index in [1.54, 1.807) is 22.7 Å². The third-order valence-electron chi connectivity index (χ3n) is 6.01. The molecule has 0 unspecified atom stereocenters. The SMILES string of the molecule is COc1ccc(-n2nc(C(C)C)cc2NC(=O)Nc2ccc(-c3cncc4c3cnn4C)cc2)cc1. The standard InChI is InChI=1S/C27H27N7O2/c1-17(2)24-13-26(34(32-24)20-9-11-21(36-4)12-10-20)31-27(35)30-19-7-5-18(6-8-19)22-14-28-16-25-23(22)15-29-33(25)3/h5-17H,1-4H3,(H2,30,31,35). The summed E-state index contributed by atoms with van der Waals surface area (Å²) in [5.41, 5.74) is 5.31. The summed E-state index contributed by atoms with van der Waals surface area (Å²) in [6.07, 6.45) is 5.46. The molecule has 3 aromatic heterocycles. The van der Waals surface area contributed by atoms with E-state index in [-0.39, 0.29) is 11.9 Å². The second-order valence-electron chi connectivity index (χ2n) is 8.76. The Morgan fingerprint density at radius 1 is 0.972 bits per heavy atom. The number of methoxy groups -OCH3 is 1. The Hall–Kier alpha value is -4.66. The van der Waals surface area contributed by atoms with Crippen molar-refractivity contribution in [1.29, 1.82) is 0 Å². The fraction of sp³-hybridized carbons (Fsp3) is 0.185. The summed E-state index contributed by atoms with van der Waals surface area (Å²) < 4.78 is 8.77. The van der Waals surface area contributed by atoms with Crippen LogP contribution < -0.4 is 15.4 Å². The van der Waals surface area contributed by atoms with Crippen LogP contribution in [-0.4, -0.2) is 37.7 Å². The first kappa shape index (κ1) is 23.1. The normalized spacial score (nSPS) is 11.1. The number of rotatable bonds is 6. The first-order valence-electron chi connectivity index (χ1n) is 11.6. The molecular weight excluding hydrogens is 454 g/mol. The first-order valence-corrected chi connectivity index (χ1v) is 11.6. The molecule has 2 N–H and O–H groups in total. The average Bonchev–Trinajstić information content (AvgIpc) is 3.48. The lowest BCUT2D eigenvalue weighted by molar-refractivity contribution is 0.262. The van der Waals surface area contributed by atoms with Crippen LogP contribution in [0.2, 0.25) is 0 Å². The van der Waals surface area contributed by atoms with Crippen LogP contribution in [0.4, 0.5) is 16.3 Å². The Morgan fingerprint density at radius 3 is 2.42 bits per heavy atom. The van der Waals surface area contributed by atoms with E-state index < -0.39 is 0 Å². The van der Waals surface area contributed by atoms with Crippen molar-refractivity contribution >= 4 is 28.4 Å². The summed E-state index contributed by atoms with van der Waals surface area (Å²) >= 11 is 0. The molecule has 0 bridgehead atoms. The van der Waals surface area contributed by atoms with Gasteiger partial charge in [-0.15, -0.1) is 0 Å². The number of pyridine rings is 1. The number of nitrogens with zero attached hydrogens (tertiary/aromatic N) is 5. The molecule has 5 rings (SSSR count). The number of fused-ring (bicyclic) bond motifs is 1. The lowest BCUT2D eigenvalue weighted by Gasteiger charge is -2.11. The largest absolute Gasteiger partial charge is 0.497 e. The first-order chi connectivity index (χ1) is 17.4. The highest BCUT2D eigenvalue weighted by Gasteiger charge is 2.15. The van der Waals surface area contributed by atoms with Crippen molar-refractivity contribution in [3.63, 3.8) is 0 Å². The number of aromatic nitrogens is 5. The summed E-state index contributed by atoms with van der Waals surface area (Å²) in [5.74, 6) is 1.54. The molecule has 182 valence electrons. The molecule has 2 aromatic carbocycles. The Kier molecular flexibility index (Phi) is 6.12. The molecule has 0 atom stereocenters. The van der Waals surface area contributed by atoms with E-state index in [0.717, 1.165) is 39.2 Å². The number of amides is 2. The van der Waals surface area contributed by atoms with Gasteiger partial charge in [-0.3, -0.25) is 15.0 Å². The number of benzene rings is 2. The second-order valence-corrected chi connectivity index (χ2v) is 8.76. The monoisotopic (exact) mass is 481 g/mol. The number of hydrogen-bond donors (Lipinski definition) is 2. The molecule has 0 radical (unpaired) electrons. The highest BCUT2D eigenvalue weighted by molar-refractivity contribution is 6.00. The maximum atomic E-state index is 12.9. The van der Waals surface area contributed by atoms with Crippen molar-refractivity contribution in [2.45, 2.75) is 19.8 Å². The number of aryl methyl sites for hydroxylation is 1. The molecule has 2 amide bonds. The summed E-state index contributed by atoms with van der Waals surface area (Å²) in [5, 5.41) is 15.9. The van der Waals surface area contributed by atoms with Gasteiger partial charge in [-0.25, -0.2) is 9.48 Å². The van der Waals surface area contributed by atoms with E-state index in [0.29, 0.717) is 11.5 Å². The Bertz CT molecular complexity index is 1520. The maximum absolute atomic E-state index is 12.9. The van der Waals surface area contributed by atoms with Crippen molar-refractivity contribution in [2.24, 2.45) is 7.05 Å². The van der Waals surface area contributed by atoms with Gasteiger partial charge in [-0.05, 0) is 47.9 Å². The average molecular weight is 482 g/mol. The summed E-state index contributed by atoms with van der Waals surface area (Å²) in [4.78, 5) is 17.2. The van der Waals surface area contributed by atoms with Crippen LogP contribution in [0.25, 0.3) is 27.7 Å². The number of nitrogens with one attached hydrogen (secondary N) is 2. The summed E-state index contributed by atoms with van der Waals surface area (Å²) in [6, 6.07) is 16.7. The quantitative estimate of drug-likeness (QED) is 0.329. The van der Waals surface area contributed by atoms with E-state index in [2.05, 4.69) is 39.7 Å².